The molecule has 2 aromatic carbocycles. The Morgan fingerprint density at radius 1 is 1.04 bits per heavy atom. The van der Waals surface area contributed by atoms with Crippen LogP contribution in [0, 0.1) is 0 Å². The summed E-state index contributed by atoms with van der Waals surface area (Å²) in [6, 6.07) is 20.1. The lowest BCUT2D eigenvalue weighted by Crippen LogP contribution is -2.03. The first-order valence-corrected chi connectivity index (χ1v) is 9.18. The molecule has 0 aliphatic carbocycles. The van der Waals surface area contributed by atoms with Gasteiger partial charge in [0, 0.05) is 26.7 Å². The van der Waals surface area contributed by atoms with Gasteiger partial charge in [-0.2, -0.15) is 0 Å². The molecule has 5 heteroatoms. The van der Waals surface area contributed by atoms with Crippen LogP contribution in [0.4, 0.5) is 11.4 Å². The Kier molecular flexibility index (Phi) is 4.11. The molecule has 3 nitrogen and oxygen atoms in total. The summed E-state index contributed by atoms with van der Waals surface area (Å²) in [7, 11) is 0. The highest BCUT2D eigenvalue weighted by Crippen LogP contribution is 2.36. The summed E-state index contributed by atoms with van der Waals surface area (Å²) in [5.41, 5.74) is 3.47. The van der Waals surface area contributed by atoms with Gasteiger partial charge in [0.25, 0.3) is 5.91 Å². The Morgan fingerprint density at radius 3 is 2.71 bits per heavy atom. The standard InChI is InChI=1S/C19H14N2OS2/c22-19-17(12-15-7-4-10-23-15)16-11-13(8-9-18(16)20-19)21-24-14-5-2-1-3-6-14/h1-12,21H,(H,20,22)/b17-12-. The van der Waals surface area contributed by atoms with Crippen LogP contribution >= 0.6 is 23.3 Å². The maximum absolute atomic E-state index is 12.2. The molecule has 4 rings (SSSR count). The van der Waals surface area contributed by atoms with Gasteiger partial charge in [-0.3, -0.25) is 4.79 Å². The van der Waals surface area contributed by atoms with Crippen molar-refractivity contribution in [3.63, 3.8) is 0 Å². The van der Waals surface area contributed by atoms with E-state index in [4.69, 9.17) is 0 Å². The van der Waals surface area contributed by atoms with Crippen LogP contribution < -0.4 is 10.0 Å². The van der Waals surface area contributed by atoms with E-state index < -0.39 is 0 Å². The van der Waals surface area contributed by atoms with Gasteiger partial charge in [-0.15, -0.1) is 11.3 Å². The van der Waals surface area contributed by atoms with E-state index >= 15 is 0 Å². The van der Waals surface area contributed by atoms with Crippen LogP contribution in [0.15, 0.2) is 70.9 Å². The molecule has 0 saturated heterocycles. The molecule has 2 N–H and O–H groups in total. The minimum atomic E-state index is -0.0498. The normalized spacial score (nSPS) is 14.5. The number of hydrogen-bond acceptors (Lipinski definition) is 4. The van der Waals surface area contributed by atoms with Gasteiger partial charge in [0.2, 0.25) is 0 Å². The van der Waals surface area contributed by atoms with Crippen LogP contribution in [0.5, 0.6) is 0 Å². The van der Waals surface area contributed by atoms with E-state index in [0.29, 0.717) is 5.57 Å². The van der Waals surface area contributed by atoms with Crippen molar-refractivity contribution < 1.29 is 4.79 Å². The molecule has 0 atom stereocenters. The van der Waals surface area contributed by atoms with E-state index in [-0.39, 0.29) is 5.91 Å². The zero-order valence-corrected chi connectivity index (χ0v) is 14.3. The predicted octanol–water partition coefficient (Wildman–Crippen LogP) is 5.36. The van der Waals surface area contributed by atoms with Crippen molar-refractivity contribution in [2.24, 2.45) is 0 Å². The molecule has 0 spiro atoms. The van der Waals surface area contributed by atoms with Gasteiger partial charge >= 0.3 is 0 Å². The highest BCUT2D eigenvalue weighted by Gasteiger charge is 2.24. The van der Waals surface area contributed by atoms with Crippen molar-refractivity contribution in [1.29, 1.82) is 0 Å². The number of benzene rings is 2. The summed E-state index contributed by atoms with van der Waals surface area (Å²) in [4.78, 5) is 14.5. The first-order chi connectivity index (χ1) is 11.8. The summed E-state index contributed by atoms with van der Waals surface area (Å²) in [5, 5.41) is 4.93. The minimum absolute atomic E-state index is 0.0498. The molecule has 2 heterocycles. The Bertz CT molecular complexity index is 902. The van der Waals surface area contributed by atoms with Crippen molar-refractivity contribution in [1.82, 2.24) is 0 Å². The summed E-state index contributed by atoms with van der Waals surface area (Å²) in [6.07, 6.45) is 1.94. The number of hydrogen-bond donors (Lipinski definition) is 2. The SMILES string of the molecule is O=C1Nc2ccc(NSc3ccccc3)cc2/C1=C/c1cccs1. The number of amides is 1. The van der Waals surface area contributed by atoms with Gasteiger partial charge in [-0.25, -0.2) is 0 Å². The van der Waals surface area contributed by atoms with E-state index in [1.54, 1.807) is 23.3 Å². The maximum Gasteiger partial charge on any atom is 0.256 e. The third kappa shape index (κ3) is 3.09. The van der Waals surface area contributed by atoms with Gasteiger partial charge in [0.05, 0.1) is 5.57 Å². The fourth-order valence-corrected chi connectivity index (χ4v) is 3.83. The second kappa shape index (κ2) is 6.55. The zero-order valence-electron chi connectivity index (χ0n) is 12.7. The number of nitrogens with one attached hydrogen (secondary N) is 2. The monoisotopic (exact) mass is 350 g/mol. The zero-order chi connectivity index (χ0) is 16.4. The lowest BCUT2D eigenvalue weighted by molar-refractivity contribution is -0.110. The summed E-state index contributed by atoms with van der Waals surface area (Å²) in [6.45, 7) is 0. The first kappa shape index (κ1) is 15.1. The number of fused-ring (bicyclic) bond motifs is 1. The van der Waals surface area contributed by atoms with Crippen molar-refractivity contribution in [2.45, 2.75) is 4.90 Å². The molecule has 1 aromatic heterocycles. The van der Waals surface area contributed by atoms with Gasteiger partial charge in [0.1, 0.15) is 0 Å². The highest BCUT2D eigenvalue weighted by atomic mass is 32.2. The van der Waals surface area contributed by atoms with Gasteiger partial charge in [0.15, 0.2) is 0 Å². The third-order valence-electron chi connectivity index (χ3n) is 3.66. The van der Waals surface area contributed by atoms with Gasteiger partial charge < -0.3 is 10.0 Å². The molecule has 0 bridgehead atoms. The van der Waals surface area contributed by atoms with E-state index in [2.05, 4.69) is 22.2 Å². The first-order valence-electron chi connectivity index (χ1n) is 7.48. The molecule has 0 unspecified atom stereocenters. The lowest BCUT2D eigenvalue weighted by Gasteiger charge is -2.07. The number of anilines is 2. The summed E-state index contributed by atoms with van der Waals surface area (Å²) >= 11 is 3.18. The fourth-order valence-electron chi connectivity index (χ4n) is 2.52. The molecular weight excluding hydrogens is 336 g/mol. The number of rotatable bonds is 4. The van der Waals surface area contributed by atoms with Gasteiger partial charge in [-0.1, -0.05) is 24.3 Å². The van der Waals surface area contributed by atoms with Crippen molar-refractivity contribution in [2.75, 3.05) is 10.0 Å². The molecule has 0 radical (unpaired) electrons. The average Bonchev–Trinajstić information content (AvgIpc) is 3.23. The molecule has 1 amide bonds. The maximum atomic E-state index is 12.2. The van der Waals surface area contributed by atoms with E-state index in [1.807, 2.05) is 60.0 Å². The Balaban J connectivity index is 1.60. The Labute approximate surface area is 148 Å². The van der Waals surface area contributed by atoms with Crippen LogP contribution in [0.3, 0.4) is 0 Å². The molecule has 3 aromatic rings. The number of thiophene rings is 1. The van der Waals surface area contributed by atoms with Crippen LogP contribution in [0.2, 0.25) is 0 Å². The second-order valence-electron chi connectivity index (χ2n) is 5.31. The summed E-state index contributed by atoms with van der Waals surface area (Å²) < 4.78 is 3.34. The Morgan fingerprint density at radius 2 is 1.92 bits per heavy atom. The minimum Gasteiger partial charge on any atom is -0.326 e. The van der Waals surface area contributed by atoms with Crippen LogP contribution in [-0.2, 0) is 4.79 Å². The molecule has 118 valence electrons. The third-order valence-corrected chi connectivity index (χ3v) is 5.33. The highest BCUT2D eigenvalue weighted by molar-refractivity contribution is 8.00. The van der Waals surface area contributed by atoms with Crippen LogP contribution in [-0.4, -0.2) is 5.91 Å². The number of carbonyl (C=O) groups excluding carboxylic acids is 1. The number of carbonyl (C=O) groups is 1. The van der Waals surface area contributed by atoms with Gasteiger partial charge in [-0.05, 0) is 59.8 Å². The fraction of sp³-hybridized carbons (Fsp3) is 0. The van der Waals surface area contributed by atoms with E-state index in [0.717, 1.165) is 26.7 Å². The molecular formula is C19H14N2OS2. The molecule has 24 heavy (non-hydrogen) atoms. The topological polar surface area (TPSA) is 41.1 Å². The molecule has 0 fully saturated rings. The van der Waals surface area contributed by atoms with Crippen molar-refractivity contribution in [3.8, 4) is 0 Å². The van der Waals surface area contributed by atoms with Crippen LogP contribution in [0.25, 0.3) is 11.6 Å². The molecule has 1 aliphatic heterocycles. The molecule has 1 aliphatic rings. The van der Waals surface area contributed by atoms with E-state index in [1.165, 1.54) is 0 Å². The smallest absolute Gasteiger partial charge is 0.256 e. The van der Waals surface area contributed by atoms with Crippen molar-refractivity contribution in [3.05, 3.63) is 76.5 Å². The largest absolute Gasteiger partial charge is 0.326 e. The van der Waals surface area contributed by atoms with Crippen molar-refractivity contribution >= 4 is 52.2 Å². The average molecular weight is 350 g/mol. The van der Waals surface area contributed by atoms with Crippen LogP contribution in [0.1, 0.15) is 10.4 Å². The second-order valence-corrected chi connectivity index (χ2v) is 7.16. The molecule has 0 saturated carbocycles. The Hall–Kier alpha value is -2.50. The summed E-state index contributed by atoms with van der Waals surface area (Å²) in [5.74, 6) is -0.0498. The predicted molar refractivity (Wildman–Crippen MR) is 103 cm³/mol. The van der Waals surface area contributed by atoms with E-state index in [9.17, 15) is 4.79 Å². The lowest BCUT2D eigenvalue weighted by atomic mass is 10.1. The quantitative estimate of drug-likeness (QED) is 0.491.